The minimum Gasteiger partial charge on any atom is -0.398 e. The second-order valence-electron chi connectivity index (χ2n) is 5.39. The average molecular weight is 265 g/mol. The number of carbonyl (C=O) groups excluding carboxylic acids is 1. The fraction of sp³-hybridized carbons (Fsp3) is 0.500. The number of likely N-dealkylation sites (N-methyl/N-ethyl adjacent to an activating group) is 1. The number of carbonyl (C=O) groups is 1. The van der Waals surface area contributed by atoms with Gasteiger partial charge in [0.1, 0.15) is 5.82 Å². The van der Waals surface area contributed by atoms with Crippen molar-refractivity contribution < 1.29 is 9.18 Å². The van der Waals surface area contributed by atoms with Crippen molar-refractivity contribution in [3.63, 3.8) is 0 Å². The molecule has 0 radical (unpaired) electrons. The number of nitrogens with two attached hydrogens (primary N) is 1. The third kappa shape index (κ3) is 2.71. The van der Waals surface area contributed by atoms with E-state index in [0.29, 0.717) is 12.2 Å². The van der Waals surface area contributed by atoms with Crippen LogP contribution in [-0.4, -0.2) is 37.0 Å². The molecule has 1 aliphatic carbocycles. The van der Waals surface area contributed by atoms with Gasteiger partial charge in [-0.2, -0.15) is 0 Å². The van der Waals surface area contributed by atoms with Crippen molar-refractivity contribution >= 4 is 11.6 Å². The van der Waals surface area contributed by atoms with Crippen LogP contribution in [-0.2, 0) is 0 Å². The van der Waals surface area contributed by atoms with E-state index in [1.807, 2.05) is 14.1 Å². The molecular weight excluding hydrogens is 245 g/mol. The Morgan fingerprint density at radius 1 is 1.47 bits per heavy atom. The summed E-state index contributed by atoms with van der Waals surface area (Å²) in [5.41, 5.74) is 6.24. The minimum absolute atomic E-state index is 0.0394. The summed E-state index contributed by atoms with van der Waals surface area (Å²) in [7, 11) is 4.03. The van der Waals surface area contributed by atoms with E-state index in [2.05, 4.69) is 10.2 Å². The summed E-state index contributed by atoms with van der Waals surface area (Å²) in [4.78, 5) is 14.2. The highest BCUT2D eigenvalue weighted by Gasteiger charge is 2.39. The number of nitrogen functional groups attached to an aromatic ring is 1. The number of benzene rings is 1. The molecule has 2 rings (SSSR count). The Bertz CT molecular complexity index is 484. The van der Waals surface area contributed by atoms with Gasteiger partial charge in [0.15, 0.2) is 0 Å². The summed E-state index contributed by atoms with van der Waals surface area (Å²) in [5, 5.41) is 2.86. The Balaban J connectivity index is 2.03. The zero-order chi connectivity index (χ0) is 14.0. The van der Waals surface area contributed by atoms with Gasteiger partial charge in [0.25, 0.3) is 5.91 Å². The molecule has 0 bridgehead atoms. The van der Waals surface area contributed by atoms with E-state index in [1.165, 1.54) is 24.6 Å². The van der Waals surface area contributed by atoms with E-state index in [0.717, 1.165) is 12.8 Å². The highest BCUT2D eigenvalue weighted by atomic mass is 19.1. The summed E-state index contributed by atoms with van der Waals surface area (Å²) < 4.78 is 13.1. The first-order valence-corrected chi connectivity index (χ1v) is 6.45. The number of anilines is 1. The van der Waals surface area contributed by atoms with Crippen molar-refractivity contribution in [2.45, 2.75) is 24.8 Å². The Morgan fingerprint density at radius 3 is 2.68 bits per heavy atom. The fourth-order valence-electron chi connectivity index (χ4n) is 2.43. The number of rotatable bonds is 4. The van der Waals surface area contributed by atoms with Gasteiger partial charge < -0.3 is 16.0 Å². The summed E-state index contributed by atoms with van der Waals surface area (Å²) in [5.74, 6) is -0.768. The lowest BCUT2D eigenvalue weighted by atomic mass is 9.75. The van der Waals surface area contributed by atoms with Crippen molar-refractivity contribution in [2.24, 2.45) is 0 Å². The molecular formula is C14H20FN3O. The topological polar surface area (TPSA) is 58.4 Å². The van der Waals surface area contributed by atoms with Gasteiger partial charge in [0, 0.05) is 17.8 Å². The van der Waals surface area contributed by atoms with E-state index < -0.39 is 5.82 Å². The van der Waals surface area contributed by atoms with E-state index in [4.69, 9.17) is 5.73 Å². The third-order valence-electron chi connectivity index (χ3n) is 4.07. The second-order valence-corrected chi connectivity index (χ2v) is 5.39. The molecule has 3 N–H and O–H groups in total. The predicted molar refractivity (Wildman–Crippen MR) is 73.4 cm³/mol. The Hall–Kier alpha value is -1.62. The normalized spacial score (nSPS) is 17.1. The quantitative estimate of drug-likeness (QED) is 0.813. The maximum absolute atomic E-state index is 13.1. The Kier molecular flexibility index (Phi) is 3.75. The third-order valence-corrected chi connectivity index (χ3v) is 4.07. The van der Waals surface area contributed by atoms with Crippen molar-refractivity contribution in [1.29, 1.82) is 0 Å². The lowest BCUT2D eigenvalue weighted by molar-refractivity contribution is 0.0558. The van der Waals surface area contributed by atoms with Gasteiger partial charge in [-0.05, 0) is 51.6 Å². The predicted octanol–water partition coefficient (Wildman–Crippen LogP) is 1.62. The maximum Gasteiger partial charge on any atom is 0.253 e. The molecule has 19 heavy (non-hydrogen) atoms. The van der Waals surface area contributed by atoms with Crippen molar-refractivity contribution in [2.75, 3.05) is 26.4 Å². The second kappa shape index (κ2) is 5.17. The van der Waals surface area contributed by atoms with E-state index in [-0.39, 0.29) is 17.0 Å². The maximum atomic E-state index is 13.1. The van der Waals surface area contributed by atoms with E-state index in [1.54, 1.807) is 0 Å². The number of nitrogens with one attached hydrogen (secondary N) is 1. The van der Waals surface area contributed by atoms with Crippen LogP contribution in [0.25, 0.3) is 0 Å². The van der Waals surface area contributed by atoms with E-state index >= 15 is 0 Å². The number of hydrogen-bond donors (Lipinski definition) is 2. The van der Waals surface area contributed by atoms with Crippen LogP contribution >= 0.6 is 0 Å². The average Bonchev–Trinajstić information content (AvgIpc) is 2.30. The molecule has 0 saturated heterocycles. The first-order chi connectivity index (χ1) is 8.94. The van der Waals surface area contributed by atoms with Crippen LogP contribution in [0.4, 0.5) is 10.1 Å². The first-order valence-electron chi connectivity index (χ1n) is 6.45. The molecule has 1 aromatic carbocycles. The number of halogens is 1. The molecule has 0 unspecified atom stereocenters. The molecule has 1 aliphatic rings. The summed E-state index contributed by atoms with van der Waals surface area (Å²) in [6.45, 7) is 0.564. The molecule has 104 valence electrons. The Labute approximate surface area is 112 Å². The lowest BCUT2D eigenvalue weighted by Gasteiger charge is -2.47. The molecule has 1 saturated carbocycles. The van der Waals surface area contributed by atoms with Crippen LogP contribution in [0.2, 0.25) is 0 Å². The smallest absolute Gasteiger partial charge is 0.253 e. The minimum atomic E-state index is -0.453. The van der Waals surface area contributed by atoms with Crippen LogP contribution in [0, 0.1) is 5.82 Å². The standard InChI is InChI=1S/C14H20FN3O/c1-18(2)14(6-3-7-14)9-17-13(19)11-8-10(15)4-5-12(11)16/h4-5,8H,3,6-7,9,16H2,1-2H3,(H,17,19). The highest BCUT2D eigenvalue weighted by molar-refractivity contribution is 5.99. The molecule has 0 spiro atoms. The van der Waals surface area contributed by atoms with Gasteiger partial charge in [-0.3, -0.25) is 4.79 Å². The number of hydrogen-bond acceptors (Lipinski definition) is 3. The molecule has 1 fully saturated rings. The summed E-state index contributed by atoms with van der Waals surface area (Å²) in [6.07, 6.45) is 3.31. The SMILES string of the molecule is CN(C)C1(CNC(=O)c2cc(F)ccc2N)CCC1. The first kappa shape index (κ1) is 13.8. The van der Waals surface area contributed by atoms with Crippen molar-refractivity contribution in [3.05, 3.63) is 29.6 Å². The fourth-order valence-corrected chi connectivity index (χ4v) is 2.43. The van der Waals surface area contributed by atoms with Crippen LogP contribution in [0.5, 0.6) is 0 Å². The number of nitrogens with zero attached hydrogens (tertiary/aromatic N) is 1. The molecule has 4 nitrogen and oxygen atoms in total. The van der Waals surface area contributed by atoms with Crippen molar-refractivity contribution in [3.8, 4) is 0 Å². The molecule has 1 aromatic rings. The molecule has 0 atom stereocenters. The van der Waals surface area contributed by atoms with Gasteiger partial charge in [-0.1, -0.05) is 0 Å². The van der Waals surface area contributed by atoms with Gasteiger partial charge in [-0.15, -0.1) is 0 Å². The summed E-state index contributed by atoms with van der Waals surface area (Å²) >= 11 is 0. The molecule has 5 heteroatoms. The van der Waals surface area contributed by atoms with Gasteiger partial charge in [-0.25, -0.2) is 4.39 Å². The van der Waals surface area contributed by atoms with Crippen LogP contribution in [0.3, 0.4) is 0 Å². The van der Waals surface area contributed by atoms with Gasteiger partial charge in [0.05, 0.1) is 5.56 Å². The zero-order valence-electron chi connectivity index (χ0n) is 11.4. The molecule has 1 amide bonds. The largest absolute Gasteiger partial charge is 0.398 e. The molecule has 0 aliphatic heterocycles. The number of amides is 1. The highest BCUT2D eigenvalue weighted by Crippen LogP contribution is 2.35. The zero-order valence-corrected chi connectivity index (χ0v) is 11.4. The van der Waals surface area contributed by atoms with Crippen molar-refractivity contribution in [1.82, 2.24) is 10.2 Å². The lowest BCUT2D eigenvalue weighted by Crippen LogP contribution is -2.57. The van der Waals surface area contributed by atoms with Crippen LogP contribution in [0.15, 0.2) is 18.2 Å². The Morgan fingerprint density at radius 2 is 2.16 bits per heavy atom. The van der Waals surface area contributed by atoms with Gasteiger partial charge in [0.2, 0.25) is 0 Å². The van der Waals surface area contributed by atoms with Crippen LogP contribution in [0.1, 0.15) is 29.6 Å². The van der Waals surface area contributed by atoms with E-state index in [9.17, 15) is 9.18 Å². The molecule has 0 aromatic heterocycles. The monoisotopic (exact) mass is 265 g/mol. The summed E-state index contributed by atoms with van der Waals surface area (Å²) in [6, 6.07) is 3.84. The van der Waals surface area contributed by atoms with Crippen LogP contribution < -0.4 is 11.1 Å². The van der Waals surface area contributed by atoms with Gasteiger partial charge >= 0.3 is 0 Å². The molecule has 0 heterocycles.